The number of aromatic nitrogens is 2. The molecule has 5 nitrogen and oxygen atoms in total. The Morgan fingerprint density at radius 2 is 2.33 bits per heavy atom. The van der Waals surface area contributed by atoms with Crippen molar-refractivity contribution >= 4 is 5.84 Å². The molecule has 2 rings (SSSR count). The molecule has 15 heavy (non-hydrogen) atoms. The Hall–Kier alpha value is -1.52. The van der Waals surface area contributed by atoms with Crippen LogP contribution in [0.15, 0.2) is 15.9 Å². The molecule has 0 aliphatic carbocycles. The van der Waals surface area contributed by atoms with E-state index in [0.29, 0.717) is 0 Å². The van der Waals surface area contributed by atoms with Crippen LogP contribution in [0.4, 0.5) is 0 Å². The normalized spacial score (nSPS) is 22.1. The number of nitrogens with zero attached hydrogens (tertiary/aromatic N) is 1. The number of hydrogen-bond donors (Lipinski definition) is 3. The number of aliphatic imine (C=N–C) groups is 1. The molecule has 5 heteroatoms. The van der Waals surface area contributed by atoms with Crippen molar-refractivity contribution in [3.05, 3.63) is 22.1 Å². The van der Waals surface area contributed by atoms with Gasteiger partial charge in [0, 0.05) is 24.6 Å². The Morgan fingerprint density at radius 3 is 3.07 bits per heavy atom. The van der Waals surface area contributed by atoms with Gasteiger partial charge in [-0.15, -0.1) is 0 Å². The standard InChI is InChI=1S/C10H16N4O/c11-9-4-2-1-3-7(12-9)5-8-6-10(15)14-13-8/h6-7H,1-5H2,(H2,11,12)(H2,13,14,15). The molecule has 4 N–H and O–H groups in total. The van der Waals surface area contributed by atoms with Crippen molar-refractivity contribution in [2.45, 2.75) is 38.1 Å². The van der Waals surface area contributed by atoms with Gasteiger partial charge in [-0.2, -0.15) is 0 Å². The maximum absolute atomic E-state index is 10.9. The van der Waals surface area contributed by atoms with Gasteiger partial charge in [-0.3, -0.25) is 14.9 Å². The zero-order valence-electron chi connectivity index (χ0n) is 8.62. The van der Waals surface area contributed by atoms with E-state index in [1.807, 2.05) is 0 Å². The summed E-state index contributed by atoms with van der Waals surface area (Å²) in [5.41, 5.74) is 6.57. The predicted molar refractivity (Wildman–Crippen MR) is 59.0 cm³/mol. The maximum atomic E-state index is 10.9. The third-order valence-corrected chi connectivity index (χ3v) is 2.68. The van der Waals surface area contributed by atoms with Gasteiger partial charge < -0.3 is 10.8 Å². The molecule has 0 bridgehead atoms. The first-order valence-electron chi connectivity index (χ1n) is 5.33. The van der Waals surface area contributed by atoms with Crippen LogP contribution >= 0.6 is 0 Å². The van der Waals surface area contributed by atoms with Gasteiger partial charge in [0.1, 0.15) is 0 Å². The van der Waals surface area contributed by atoms with Crippen molar-refractivity contribution in [1.29, 1.82) is 0 Å². The molecule has 0 fully saturated rings. The Balaban J connectivity index is 2.04. The molecular weight excluding hydrogens is 192 g/mol. The van der Waals surface area contributed by atoms with E-state index < -0.39 is 0 Å². The van der Waals surface area contributed by atoms with Gasteiger partial charge in [-0.25, -0.2) is 0 Å². The van der Waals surface area contributed by atoms with Crippen molar-refractivity contribution in [3.8, 4) is 0 Å². The molecule has 0 radical (unpaired) electrons. The van der Waals surface area contributed by atoms with Crippen LogP contribution in [0.5, 0.6) is 0 Å². The highest BCUT2D eigenvalue weighted by Gasteiger charge is 2.13. The lowest BCUT2D eigenvalue weighted by Crippen LogP contribution is -2.15. The lowest BCUT2D eigenvalue weighted by Gasteiger charge is -2.08. The molecule has 1 aromatic heterocycles. The topological polar surface area (TPSA) is 87.0 Å². The molecule has 2 heterocycles. The molecule has 1 aliphatic rings. The van der Waals surface area contributed by atoms with Gasteiger partial charge in [-0.1, -0.05) is 6.42 Å². The number of nitrogens with one attached hydrogen (secondary N) is 2. The van der Waals surface area contributed by atoms with Crippen LogP contribution in [0, 0.1) is 0 Å². The first-order valence-corrected chi connectivity index (χ1v) is 5.33. The van der Waals surface area contributed by atoms with Crippen molar-refractivity contribution in [1.82, 2.24) is 10.2 Å². The molecule has 0 spiro atoms. The maximum Gasteiger partial charge on any atom is 0.264 e. The summed E-state index contributed by atoms with van der Waals surface area (Å²) in [6.07, 6.45) is 4.99. The van der Waals surface area contributed by atoms with E-state index in [0.717, 1.165) is 43.6 Å². The third kappa shape index (κ3) is 2.71. The zero-order chi connectivity index (χ0) is 10.7. The van der Waals surface area contributed by atoms with Crippen LogP contribution in [-0.4, -0.2) is 22.1 Å². The van der Waals surface area contributed by atoms with Crippen LogP contribution in [0.1, 0.15) is 31.4 Å². The van der Waals surface area contributed by atoms with Gasteiger partial charge >= 0.3 is 0 Å². The average molecular weight is 208 g/mol. The van der Waals surface area contributed by atoms with E-state index in [4.69, 9.17) is 5.73 Å². The van der Waals surface area contributed by atoms with Gasteiger partial charge in [0.2, 0.25) is 0 Å². The van der Waals surface area contributed by atoms with Crippen molar-refractivity contribution in [3.63, 3.8) is 0 Å². The smallest absolute Gasteiger partial charge is 0.264 e. The summed E-state index contributed by atoms with van der Waals surface area (Å²) in [7, 11) is 0. The van der Waals surface area contributed by atoms with Crippen molar-refractivity contribution in [2.75, 3.05) is 0 Å². The molecule has 1 aromatic rings. The SMILES string of the molecule is NC1=NC(Cc2cc(=O)[nH][nH]2)CCCC1. The van der Waals surface area contributed by atoms with Gasteiger partial charge in [0.25, 0.3) is 5.56 Å². The fourth-order valence-corrected chi connectivity index (χ4v) is 1.93. The van der Waals surface area contributed by atoms with E-state index in [2.05, 4.69) is 15.2 Å². The lowest BCUT2D eigenvalue weighted by atomic mass is 10.1. The summed E-state index contributed by atoms with van der Waals surface area (Å²) >= 11 is 0. The Kier molecular flexibility index (Phi) is 2.89. The molecule has 0 saturated carbocycles. The number of rotatable bonds is 2. The first-order chi connectivity index (χ1) is 7.24. The van der Waals surface area contributed by atoms with Gasteiger partial charge in [-0.05, 0) is 12.8 Å². The van der Waals surface area contributed by atoms with Crippen molar-refractivity contribution < 1.29 is 0 Å². The largest absolute Gasteiger partial charge is 0.387 e. The van der Waals surface area contributed by atoms with Gasteiger partial charge in [0.15, 0.2) is 0 Å². The second-order valence-electron chi connectivity index (χ2n) is 4.01. The lowest BCUT2D eigenvalue weighted by molar-refractivity contribution is 0.581. The van der Waals surface area contributed by atoms with Crippen LogP contribution in [0.2, 0.25) is 0 Å². The minimum absolute atomic E-state index is 0.0874. The third-order valence-electron chi connectivity index (χ3n) is 2.68. The number of nitrogens with two attached hydrogens (primary N) is 1. The Bertz CT molecular complexity index is 404. The van der Waals surface area contributed by atoms with Crippen molar-refractivity contribution in [2.24, 2.45) is 10.7 Å². The fraction of sp³-hybridized carbons (Fsp3) is 0.600. The zero-order valence-corrected chi connectivity index (χ0v) is 8.62. The minimum atomic E-state index is -0.0874. The number of hydrogen-bond acceptors (Lipinski definition) is 3. The summed E-state index contributed by atoms with van der Waals surface area (Å²) in [5, 5.41) is 5.37. The first kappa shape index (κ1) is 10.0. The highest BCUT2D eigenvalue weighted by Crippen LogP contribution is 2.15. The monoisotopic (exact) mass is 208 g/mol. The molecule has 0 saturated heterocycles. The summed E-state index contributed by atoms with van der Waals surface area (Å²) in [4.78, 5) is 15.4. The quantitative estimate of drug-likeness (QED) is 0.662. The highest BCUT2D eigenvalue weighted by atomic mass is 16.1. The highest BCUT2D eigenvalue weighted by molar-refractivity contribution is 5.80. The van der Waals surface area contributed by atoms with Crippen LogP contribution in [0.25, 0.3) is 0 Å². The summed E-state index contributed by atoms with van der Waals surface area (Å²) in [6, 6.07) is 1.80. The number of aromatic amines is 2. The second kappa shape index (κ2) is 4.33. The van der Waals surface area contributed by atoms with E-state index in [-0.39, 0.29) is 11.6 Å². The fourth-order valence-electron chi connectivity index (χ4n) is 1.93. The molecular formula is C10H16N4O. The van der Waals surface area contributed by atoms with E-state index in [1.54, 1.807) is 6.07 Å². The molecule has 82 valence electrons. The van der Waals surface area contributed by atoms with E-state index >= 15 is 0 Å². The van der Waals surface area contributed by atoms with Crippen LogP contribution in [0.3, 0.4) is 0 Å². The molecule has 1 aliphatic heterocycles. The number of H-pyrrole nitrogens is 2. The summed E-state index contributed by atoms with van der Waals surface area (Å²) < 4.78 is 0. The summed E-state index contributed by atoms with van der Waals surface area (Å²) in [5.74, 6) is 0.746. The molecule has 1 atom stereocenters. The molecule has 1 unspecified atom stereocenters. The van der Waals surface area contributed by atoms with E-state index in [9.17, 15) is 4.79 Å². The minimum Gasteiger partial charge on any atom is -0.387 e. The predicted octanol–water partition coefficient (Wildman–Crippen LogP) is 0.545. The van der Waals surface area contributed by atoms with Gasteiger partial charge in [0.05, 0.1) is 11.9 Å². The van der Waals surface area contributed by atoms with Crippen LogP contribution < -0.4 is 11.3 Å². The molecule has 0 aromatic carbocycles. The Labute approximate surface area is 87.8 Å². The summed E-state index contributed by atoms with van der Waals surface area (Å²) in [6.45, 7) is 0. The number of amidine groups is 1. The second-order valence-corrected chi connectivity index (χ2v) is 4.01. The van der Waals surface area contributed by atoms with Crippen LogP contribution in [-0.2, 0) is 6.42 Å². The average Bonchev–Trinajstić information content (AvgIpc) is 2.46. The Morgan fingerprint density at radius 1 is 1.47 bits per heavy atom. The van der Waals surface area contributed by atoms with E-state index in [1.165, 1.54) is 0 Å². The molecule has 0 amide bonds.